The Balaban J connectivity index is 1.55. The molecule has 3 heterocycles. The van der Waals surface area contributed by atoms with Crippen molar-refractivity contribution in [2.24, 2.45) is 5.41 Å². The predicted octanol–water partition coefficient (Wildman–Crippen LogP) is 2.18. The zero-order valence-corrected chi connectivity index (χ0v) is 21.1. The van der Waals surface area contributed by atoms with E-state index in [-0.39, 0.29) is 38.4 Å². The maximum Gasteiger partial charge on any atom is 0.311 e. The number of halogens is 2. The molecule has 2 saturated heterocycles. The van der Waals surface area contributed by atoms with Crippen molar-refractivity contribution < 1.29 is 28.0 Å². The molecule has 1 spiro atoms. The Labute approximate surface area is 214 Å². The van der Waals surface area contributed by atoms with Gasteiger partial charge in [0.2, 0.25) is 11.8 Å². The fourth-order valence-corrected chi connectivity index (χ4v) is 5.40. The van der Waals surface area contributed by atoms with E-state index in [1.807, 2.05) is 20.8 Å². The van der Waals surface area contributed by atoms with E-state index in [4.69, 9.17) is 0 Å². The lowest BCUT2D eigenvalue weighted by molar-refractivity contribution is -0.151. The van der Waals surface area contributed by atoms with Gasteiger partial charge in [-0.15, -0.1) is 0 Å². The predicted molar refractivity (Wildman–Crippen MR) is 129 cm³/mol. The molecule has 2 N–H and O–H groups in total. The Morgan fingerprint density at radius 3 is 2.49 bits per heavy atom. The van der Waals surface area contributed by atoms with Crippen LogP contribution in [0.2, 0.25) is 0 Å². The Bertz CT molecular complexity index is 1160. The molecule has 37 heavy (non-hydrogen) atoms. The lowest BCUT2D eigenvalue weighted by Crippen LogP contribution is -2.56. The molecule has 0 bridgehead atoms. The summed E-state index contributed by atoms with van der Waals surface area (Å²) >= 11 is 0. The second kappa shape index (κ2) is 9.39. The lowest BCUT2D eigenvalue weighted by Gasteiger charge is -2.33. The minimum Gasteiger partial charge on any atom is -0.336 e. The third kappa shape index (κ3) is 5.15. The zero-order valence-electron chi connectivity index (χ0n) is 21.1. The third-order valence-electron chi connectivity index (χ3n) is 7.31. The second-order valence-corrected chi connectivity index (χ2v) is 11.3. The normalized spacial score (nSPS) is 25.3. The van der Waals surface area contributed by atoms with E-state index in [0.29, 0.717) is 11.3 Å². The molecule has 3 aliphatic heterocycles. The smallest absolute Gasteiger partial charge is 0.311 e. The third-order valence-corrected chi connectivity index (χ3v) is 7.31. The van der Waals surface area contributed by atoms with Crippen molar-refractivity contribution in [1.29, 1.82) is 5.26 Å². The summed E-state index contributed by atoms with van der Waals surface area (Å²) in [6.07, 6.45) is -0.790. The number of para-hydroxylation sites is 1. The first-order valence-electron chi connectivity index (χ1n) is 12.3. The van der Waals surface area contributed by atoms with Crippen LogP contribution in [0, 0.1) is 16.7 Å². The summed E-state index contributed by atoms with van der Waals surface area (Å²) in [4.78, 5) is 54.7. The van der Waals surface area contributed by atoms with E-state index in [1.54, 1.807) is 24.3 Å². The molecule has 0 unspecified atom stereocenters. The van der Waals surface area contributed by atoms with E-state index >= 15 is 0 Å². The van der Waals surface area contributed by atoms with Crippen LogP contribution in [0.1, 0.15) is 52.0 Å². The number of alkyl halides is 2. The molecule has 11 heteroatoms. The number of amides is 4. The molecule has 198 valence electrons. The van der Waals surface area contributed by atoms with Crippen molar-refractivity contribution >= 4 is 29.3 Å². The zero-order chi connectivity index (χ0) is 27.2. The Morgan fingerprint density at radius 1 is 1.22 bits per heavy atom. The first-order valence-corrected chi connectivity index (χ1v) is 12.3. The maximum atomic E-state index is 13.8. The highest BCUT2D eigenvalue weighted by Crippen LogP contribution is 2.46. The van der Waals surface area contributed by atoms with Crippen LogP contribution in [-0.4, -0.2) is 71.1 Å². The van der Waals surface area contributed by atoms with Gasteiger partial charge in [0, 0.05) is 44.6 Å². The van der Waals surface area contributed by atoms with Gasteiger partial charge in [-0.3, -0.25) is 19.2 Å². The Hall–Kier alpha value is -3.55. The Kier molecular flexibility index (Phi) is 6.73. The van der Waals surface area contributed by atoms with Crippen LogP contribution in [-0.2, 0) is 24.6 Å². The SMILES string of the molecule is CC(C)(C)C[C@H](NC(=O)C(=O)N1CCC(F)(F)CC1)C(=O)N1C[C@]2(C[C@H]1C#N)C(=O)Nc1ccccc12. The van der Waals surface area contributed by atoms with E-state index < -0.39 is 59.4 Å². The monoisotopic (exact) mass is 515 g/mol. The van der Waals surface area contributed by atoms with Gasteiger partial charge >= 0.3 is 11.8 Å². The summed E-state index contributed by atoms with van der Waals surface area (Å²) in [5.74, 6) is -5.76. The van der Waals surface area contributed by atoms with Gasteiger partial charge in [0.05, 0.1) is 11.5 Å². The number of benzene rings is 1. The van der Waals surface area contributed by atoms with Crippen molar-refractivity contribution in [3.63, 3.8) is 0 Å². The number of fused-ring (bicyclic) bond motifs is 2. The van der Waals surface area contributed by atoms with Gasteiger partial charge in [0.25, 0.3) is 5.92 Å². The molecule has 0 saturated carbocycles. The van der Waals surface area contributed by atoms with Gasteiger partial charge in [0.1, 0.15) is 12.1 Å². The first kappa shape index (κ1) is 26.5. The van der Waals surface area contributed by atoms with E-state index in [2.05, 4.69) is 16.7 Å². The molecule has 9 nitrogen and oxygen atoms in total. The van der Waals surface area contributed by atoms with Crippen molar-refractivity contribution in [3.8, 4) is 6.07 Å². The highest BCUT2D eigenvalue weighted by Gasteiger charge is 2.56. The van der Waals surface area contributed by atoms with E-state index in [1.165, 1.54) is 4.90 Å². The molecular formula is C26H31F2N5O4. The number of nitriles is 1. The summed E-state index contributed by atoms with van der Waals surface area (Å²) in [5, 5.41) is 15.2. The number of carbonyl (C=O) groups excluding carboxylic acids is 4. The molecule has 4 amide bonds. The van der Waals surface area contributed by atoms with E-state index in [9.17, 15) is 33.2 Å². The quantitative estimate of drug-likeness (QED) is 0.598. The largest absolute Gasteiger partial charge is 0.336 e. The Morgan fingerprint density at radius 2 is 1.86 bits per heavy atom. The summed E-state index contributed by atoms with van der Waals surface area (Å²) < 4.78 is 27.0. The minimum atomic E-state index is -2.87. The van der Waals surface area contributed by atoms with Crippen LogP contribution >= 0.6 is 0 Å². The van der Waals surface area contributed by atoms with Gasteiger partial charge in [-0.2, -0.15) is 5.26 Å². The first-order chi connectivity index (χ1) is 17.3. The van der Waals surface area contributed by atoms with Crippen molar-refractivity contribution in [1.82, 2.24) is 15.1 Å². The molecule has 0 radical (unpaired) electrons. The van der Waals surface area contributed by atoms with Crippen LogP contribution in [0.25, 0.3) is 0 Å². The summed E-state index contributed by atoms with van der Waals surface area (Å²) in [7, 11) is 0. The summed E-state index contributed by atoms with van der Waals surface area (Å²) in [6.45, 7) is 5.04. The van der Waals surface area contributed by atoms with Crippen molar-refractivity contribution in [2.75, 3.05) is 25.0 Å². The lowest BCUT2D eigenvalue weighted by atomic mass is 9.80. The number of rotatable bonds is 3. The number of hydrogen-bond donors (Lipinski definition) is 2. The van der Waals surface area contributed by atoms with Gasteiger partial charge in [0.15, 0.2) is 0 Å². The van der Waals surface area contributed by atoms with Crippen molar-refractivity contribution in [2.45, 2.75) is 69.9 Å². The minimum absolute atomic E-state index is 0.0431. The van der Waals surface area contributed by atoms with Gasteiger partial charge in [-0.1, -0.05) is 39.0 Å². The van der Waals surface area contributed by atoms with Crippen LogP contribution in [0.3, 0.4) is 0 Å². The second-order valence-electron chi connectivity index (χ2n) is 11.3. The highest BCUT2D eigenvalue weighted by atomic mass is 19.3. The molecule has 0 aliphatic carbocycles. The van der Waals surface area contributed by atoms with Gasteiger partial charge in [-0.05, 0) is 23.5 Å². The number of anilines is 1. The maximum absolute atomic E-state index is 13.8. The summed E-state index contributed by atoms with van der Waals surface area (Å²) in [5.41, 5.74) is -0.182. The number of nitrogens with one attached hydrogen (secondary N) is 2. The van der Waals surface area contributed by atoms with Crippen LogP contribution in [0.5, 0.6) is 0 Å². The number of likely N-dealkylation sites (tertiary alicyclic amines) is 2. The number of piperidine rings is 1. The highest BCUT2D eigenvalue weighted by molar-refractivity contribution is 6.35. The van der Waals surface area contributed by atoms with Crippen LogP contribution < -0.4 is 10.6 Å². The molecule has 3 atom stereocenters. The molecular weight excluding hydrogens is 484 g/mol. The molecule has 2 fully saturated rings. The molecule has 1 aromatic carbocycles. The average molecular weight is 516 g/mol. The van der Waals surface area contributed by atoms with Crippen molar-refractivity contribution in [3.05, 3.63) is 29.8 Å². The molecule has 4 rings (SSSR count). The molecule has 3 aliphatic rings. The molecule has 0 aromatic heterocycles. The van der Waals surface area contributed by atoms with Gasteiger partial charge < -0.3 is 20.4 Å². The van der Waals surface area contributed by atoms with E-state index in [0.717, 1.165) is 4.90 Å². The average Bonchev–Trinajstić information content (AvgIpc) is 3.35. The topological polar surface area (TPSA) is 123 Å². The number of hydrogen-bond acceptors (Lipinski definition) is 5. The van der Waals surface area contributed by atoms with Crippen LogP contribution in [0.4, 0.5) is 14.5 Å². The summed E-state index contributed by atoms with van der Waals surface area (Å²) in [6, 6.07) is 7.19. The fraction of sp³-hybridized carbons (Fsp3) is 0.577. The van der Waals surface area contributed by atoms with Crippen LogP contribution in [0.15, 0.2) is 24.3 Å². The molecule has 1 aromatic rings. The van der Waals surface area contributed by atoms with Gasteiger partial charge in [-0.25, -0.2) is 8.78 Å². The number of nitrogens with zero attached hydrogens (tertiary/aromatic N) is 3. The standard InChI is InChI=1S/C26H31F2N5O4/c1-24(2,3)13-19(30-20(34)22(36)32-10-8-26(27,28)9-11-32)21(35)33-15-25(12-16(33)14-29)17-6-4-5-7-18(17)31-23(25)37/h4-7,16,19H,8-13,15H2,1-3H3,(H,30,34)(H,31,37)/t16-,19-,25-/m0/s1. The number of carbonyl (C=O) groups is 4. The fourth-order valence-electron chi connectivity index (χ4n) is 5.40.